The Hall–Kier alpha value is -3.93. The zero-order valence-corrected chi connectivity index (χ0v) is 21.3. The van der Waals surface area contributed by atoms with Gasteiger partial charge in [0.05, 0.1) is 18.5 Å². The Kier molecular flexibility index (Phi) is 6.05. The average molecular weight is 512 g/mol. The molecule has 0 atom stereocenters. The molecule has 0 aliphatic heterocycles. The quantitative estimate of drug-likeness (QED) is 0.260. The summed E-state index contributed by atoms with van der Waals surface area (Å²) in [6.45, 7) is 0.516. The number of aliphatic carboxylic acids is 1. The highest BCUT2D eigenvalue weighted by molar-refractivity contribution is 6.07. The molecule has 2 saturated carbocycles. The van der Waals surface area contributed by atoms with Crippen LogP contribution in [0.25, 0.3) is 22.0 Å². The number of nitrogens with zero attached hydrogens (tertiary/aromatic N) is 1. The van der Waals surface area contributed by atoms with Gasteiger partial charge in [0, 0.05) is 35.7 Å². The van der Waals surface area contributed by atoms with Gasteiger partial charge in [-0.3, -0.25) is 9.59 Å². The number of aromatic nitrogens is 1. The number of ether oxygens (including phenoxy) is 1. The first-order valence-electron chi connectivity index (χ1n) is 13.1. The summed E-state index contributed by atoms with van der Waals surface area (Å²) in [6.07, 6.45) is 5.54. The van der Waals surface area contributed by atoms with Crippen LogP contribution in [-0.2, 0) is 11.3 Å². The van der Waals surface area contributed by atoms with Crippen LogP contribution < -0.4 is 4.74 Å². The number of ketones is 1. The van der Waals surface area contributed by atoms with E-state index in [4.69, 9.17) is 4.74 Å². The van der Waals surface area contributed by atoms with Crippen LogP contribution in [0.5, 0.6) is 5.75 Å². The number of fused-ring (bicyclic) bond motifs is 1. The van der Waals surface area contributed by atoms with Crippen LogP contribution in [0.3, 0.4) is 0 Å². The Morgan fingerprint density at radius 3 is 2.45 bits per heavy atom. The topological polar surface area (TPSA) is 68.5 Å². The number of hydrogen-bond acceptors (Lipinski definition) is 3. The summed E-state index contributed by atoms with van der Waals surface area (Å²) in [5.41, 5.74) is 4.42. The lowest BCUT2D eigenvalue weighted by molar-refractivity contribution is -0.157. The Balaban J connectivity index is 1.20. The Bertz CT molecular complexity index is 1520. The Morgan fingerprint density at radius 2 is 1.74 bits per heavy atom. The third-order valence-corrected chi connectivity index (χ3v) is 8.52. The smallest absolute Gasteiger partial charge is 0.306 e. The maximum absolute atomic E-state index is 14.7. The summed E-state index contributed by atoms with van der Waals surface area (Å²) in [6, 6.07) is 20.8. The summed E-state index contributed by atoms with van der Waals surface area (Å²) >= 11 is 0. The van der Waals surface area contributed by atoms with Gasteiger partial charge in [-0.1, -0.05) is 42.5 Å². The molecule has 1 N–H and O–H groups in total. The normalized spacial score (nSPS) is 22.2. The van der Waals surface area contributed by atoms with Crippen molar-refractivity contribution in [2.75, 3.05) is 7.11 Å². The summed E-state index contributed by atoms with van der Waals surface area (Å²) in [5, 5.41) is 9.63. The van der Waals surface area contributed by atoms with Crippen molar-refractivity contribution in [1.82, 2.24) is 4.57 Å². The molecule has 1 aromatic heterocycles. The number of Topliss-reactive ketones (excluding diaryl/α,β-unsaturated/α-hetero) is 1. The molecule has 4 aromatic rings. The zero-order chi connectivity index (χ0) is 26.4. The van der Waals surface area contributed by atoms with Gasteiger partial charge < -0.3 is 14.4 Å². The Labute approximate surface area is 220 Å². The van der Waals surface area contributed by atoms with E-state index in [1.165, 1.54) is 6.07 Å². The van der Waals surface area contributed by atoms with Crippen LogP contribution in [0, 0.1) is 23.1 Å². The average Bonchev–Trinajstić information content (AvgIpc) is 3.29. The van der Waals surface area contributed by atoms with Crippen molar-refractivity contribution in [3.8, 4) is 16.9 Å². The fourth-order valence-electron chi connectivity index (χ4n) is 6.69. The lowest BCUT2D eigenvalue weighted by atomic mass is 9.47. The monoisotopic (exact) mass is 511 g/mol. The summed E-state index contributed by atoms with van der Waals surface area (Å²) in [5.74, 6) is -0.168. The first kappa shape index (κ1) is 24.4. The number of carboxylic acid groups (broad SMARTS) is 1. The number of methoxy groups -OCH3 is 1. The highest BCUT2D eigenvalue weighted by Gasteiger charge is 2.54. The molecule has 38 heavy (non-hydrogen) atoms. The number of carbonyl (C=O) groups excluding carboxylic acids is 1. The number of benzene rings is 3. The molecule has 6 heteroatoms. The maximum atomic E-state index is 14.7. The zero-order valence-electron chi connectivity index (χ0n) is 21.3. The van der Waals surface area contributed by atoms with Gasteiger partial charge in [-0.15, -0.1) is 0 Å². The van der Waals surface area contributed by atoms with E-state index in [2.05, 4.69) is 0 Å². The van der Waals surface area contributed by atoms with Crippen LogP contribution in [0.4, 0.5) is 4.39 Å². The molecular weight excluding hydrogens is 481 g/mol. The van der Waals surface area contributed by atoms with Crippen molar-refractivity contribution in [3.63, 3.8) is 0 Å². The Morgan fingerprint density at radius 1 is 1.00 bits per heavy atom. The second kappa shape index (κ2) is 9.43. The molecule has 3 aromatic carbocycles. The molecular formula is C32H30FNO4. The van der Waals surface area contributed by atoms with Crippen LogP contribution in [-0.4, -0.2) is 28.5 Å². The highest BCUT2D eigenvalue weighted by Crippen LogP contribution is 2.62. The molecule has 194 valence electrons. The number of carboxylic acids is 1. The maximum Gasteiger partial charge on any atom is 0.306 e. The van der Waals surface area contributed by atoms with E-state index in [0.717, 1.165) is 48.1 Å². The molecule has 2 aliphatic carbocycles. The van der Waals surface area contributed by atoms with Crippen molar-refractivity contribution in [3.05, 3.63) is 89.9 Å². The van der Waals surface area contributed by atoms with Crippen molar-refractivity contribution in [2.45, 2.75) is 38.6 Å². The lowest BCUT2D eigenvalue weighted by Crippen LogP contribution is -2.50. The van der Waals surface area contributed by atoms with Gasteiger partial charge in [0.2, 0.25) is 0 Å². The van der Waals surface area contributed by atoms with Gasteiger partial charge >= 0.3 is 5.97 Å². The van der Waals surface area contributed by atoms with Crippen molar-refractivity contribution in [2.24, 2.45) is 17.3 Å². The number of halogens is 1. The molecule has 2 fully saturated rings. The highest BCUT2D eigenvalue weighted by atomic mass is 19.1. The van der Waals surface area contributed by atoms with Crippen LogP contribution in [0.15, 0.2) is 72.9 Å². The molecule has 2 aliphatic rings. The first-order valence-corrected chi connectivity index (χ1v) is 13.1. The minimum atomic E-state index is -0.709. The van der Waals surface area contributed by atoms with Gasteiger partial charge in [0.15, 0.2) is 5.78 Å². The van der Waals surface area contributed by atoms with Crippen LogP contribution in [0.1, 0.15) is 48.0 Å². The van der Waals surface area contributed by atoms with Crippen molar-refractivity contribution in [1.29, 1.82) is 0 Å². The summed E-state index contributed by atoms with van der Waals surface area (Å²) in [7, 11) is 1.66. The predicted octanol–water partition coefficient (Wildman–Crippen LogP) is 6.97. The van der Waals surface area contributed by atoms with E-state index in [-0.39, 0.29) is 28.9 Å². The van der Waals surface area contributed by atoms with E-state index >= 15 is 0 Å². The standard InChI is InChI=1S/C32H30FNO4/c1-38-29-5-3-2-4-24(29)22-8-6-20(7-9-22)19-34-13-12-25-27(33)11-10-26(30(25)34)28(35)14-21-15-32(16-21)17-23(18-32)31(36)37/h2-13,21,23H,14-19H2,1H3,(H,36,37). The largest absolute Gasteiger partial charge is 0.496 e. The number of carbonyl (C=O) groups is 2. The SMILES string of the molecule is COc1ccccc1-c1ccc(Cn2ccc3c(F)ccc(C(=O)CC4CC5(C4)CC(C(=O)O)C5)c32)cc1. The van der Waals surface area contributed by atoms with Gasteiger partial charge in [-0.2, -0.15) is 0 Å². The second-order valence-electron chi connectivity index (χ2n) is 11.0. The van der Waals surface area contributed by atoms with Crippen molar-refractivity contribution >= 4 is 22.7 Å². The third-order valence-electron chi connectivity index (χ3n) is 8.52. The van der Waals surface area contributed by atoms with Crippen LogP contribution >= 0.6 is 0 Å². The second-order valence-corrected chi connectivity index (χ2v) is 11.0. The molecule has 1 heterocycles. The predicted molar refractivity (Wildman–Crippen MR) is 144 cm³/mol. The minimum absolute atomic E-state index is 0.0235. The molecule has 0 amide bonds. The molecule has 0 radical (unpaired) electrons. The first-order chi connectivity index (χ1) is 18.4. The van der Waals surface area contributed by atoms with Gasteiger partial charge in [0.1, 0.15) is 11.6 Å². The van der Waals surface area contributed by atoms with Crippen LogP contribution in [0.2, 0.25) is 0 Å². The van der Waals surface area contributed by atoms with E-state index in [1.54, 1.807) is 19.2 Å². The fraction of sp³-hybridized carbons (Fsp3) is 0.312. The number of rotatable bonds is 8. The third kappa shape index (κ3) is 4.28. The molecule has 0 saturated heterocycles. The lowest BCUT2D eigenvalue weighted by Gasteiger charge is -2.56. The fourth-order valence-corrected chi connectivity index (χ4v) is 6.69. The van der Waals surface area contributed by atoms with Crippen molar-refractivity contribution < 1.29 is 23.8 Å². The molecule has 6 rings (SSSR count). The molecule has 0 bridgehead atoms. The summed E-state index contributed by atoms with van der Waals surface area (Å²) in [4.78, 5) is 24.5. The van der Waals surface area contributed by atoms with E-state index in [9.17, 15) is 19.1 Å². The van der Waals surface area contributed by atoms with E-state index < -0.39 is 5.97 Å². The van der Waals surface area contributed by atoms with E-state index in [1.807, 2.05) is 59.3 Å². The summed E-state index contributed by atoms with van der Waals surface area (Å²) < 4.78 is 22.1. The molecule has 5 nitrogen and oxygen atoms in total. The van der Waals surface area contributed by atoms with Gasteiger partial charge in [-0.25, -0.2) is 4.39 Å². The number of para-hydroxylation sites is 1. The number of hydrogen-bond donors (Lipinski definition) is 1. The van der Waals surface area contributed by atoms with Gasteiger partial charge in [0.25, 0.3) is 0 Å². The molecule has 0 unspecified atom stereocenters. The van der Waals surface area contributed by atoms with E-state index in [0.29, 0.717) is 29.4 Å². The van der Waals surface area contributed by atoms with Gasteiger partial charge in [-0.05, 0) is 72.4 Å². The minimum Gasteiger partial charge on any atom is -0.496 e. The molecule has 1 spiro atoms.